The summed E-state index contributed by atoms with van der Waals surface area (Å²) in [7, 11) is 0. The van der Waals surface area contributed by atoms with Gasteiger partial charge < -0.3 is 15.5 Å². The fourth-order valence-electron chi connectivity index (χ4n) is 2.50. The van der Waals surface area contributed by atoms with Gasteiger partial charge in [0.25, 0.3) is 0 Å². The van der Waals surface area contributed by atoms with Gasteiger partial charge >= 0.3 is 0 Å². The first-order valence-corrected chi connectivity index (χ1v) is 8.06. The molecule has 1 heterocycles. The van der Waals surface area contributed by atoms with Gasteiger partial charge in [0.1, 0.15) is 0 Å². The summed E-state index contributed by atoms with van der Waals surface area (Å²) in [6.07, 6.45) is 1.70. The minimum Gasteiger partial charge on any atom is -0.353 e. The van der Waals surface area contributed by atoms with Crippen molar-refractivity contribution in [1.29, 1.82) is 0 Å². The molecule has 1 saturated heterocycles. The average Bonchev–Trinajstić information content (AvgIpc) is 2.43. The highest BCUT2D eigenvalue weighted by Gasteiger charge is 2.30. The van der Waals surface area contributed by atoms with Gasteiger partial charge in [-0.15, -0.1) is 0 Å². The van der Waals surface area contributed by atoms with E-state index in [1.165, 1.54) is 0 Å². The Morgan fingerprint density at radius 1 is 1.24 bits per heavy atom. The molecule has 0 spiro atoms. The van der Waals surface area contributed by atoms with Crippen molar-refractivity contribution in [3.63, 3.8) is 0 Å². The molecule has 0 aromatic rings. The Morgan fingerprint density at radius 2 is 1.81 bits per heavy atom. The maximum Gasteiger partial charge on any atom is 0.227 e. The molecule has 0 radical (unpaired) electrons. The largest absolute Gasteiger partial charge is 0.353 e. The third kappa shape index (κ3) is 5.65. The SMILES string of the molecule is CCNCC(C)C(=O)NC1CCN(C(=O)C(C)(C)C)CC1. The zero-order chi connectivity index (χ0) is 16.0. The Morgan fingerprint density at radius 3 is 2.29 bits per heavy atom. The number of amides is 2. The van der Waals surface area contributed by atoms with E-state index < -0.39 is 0 Å². The van der Waals surface area contributed by atoms with E-state index in [1.54, 1.807) is 0 Å². The number of piperidine rings is 1. The highest BCUT2D eigenvalue weighted by atomic mass is 16.2. The summed E-state index contributed by atoms with van der Waals surface area (Å²) in [5.41, 5.74) is -0.323. The number of hydrogen-bond acceptors (Lipinski definition) is 3. The molecule has 5 heteroatoms. The lowest BCUT2D eigenvalue weighted by atomic mass is 9.93. The number of nitrogens with one attached hydrogen (secondary N) is 2. The maximum atomic E-state index is 12.2. The van der Waals surface area contributed by atoms with Crippen LogP contribution in [0.4, 0.5) is 0 Å². The van der Waals surface area contributed by atoms with E-state index in [-0.39, 0.29) is 29.2 Å². The minimum absolute atomic E-state index is 0.0146. The predicted molar refractivity (Wildman–Crippen MR) is 84.9 cm³/mol. The lowest BCUT2D eigenvalue weighted by Gasteiger charge is -2.36. The van der Waals surface area contributed by atoms with E-state index in [1.807, 2.05) is 39.5 Å². The van der Waals surface area contributed by atoms with Crippen molar-refractivity contribution in [2.24, 2.45) is 11.3 Å². The molecule has 0 aliphatic carbocycles. The number of hydrogen-bond donors (Lipinski definition) is 2. The molecule has 1 rings (SSSR count). The van der Waals surface area contributed by atoms with E-state index in [0.717, 1.165) is 32.5 Å². The van der Waals surface area contributed by atoms with Crippen molar-refractivity contribution >= 4 is 11.8 Å². The Bertz CT molecular complexity index is 355. The van der Waals surface area contributed by atoms with Crippen LogP contribution in [0, 0.1) is 11.3 Å². The quantitative estimate of drug-likeness (QED) is 0.806. The van der Waals surface area contributed by atoms with Crippen LogP contribution in [0.2, 0.25) is 0 Å². The van der Waals surface area contributed by atoms with Crippen molar-refractivity contribution < 1.29 is 9.59 Å². The molecule has 2 amide bonds. The molecule has 122 valence electrons. The second-order valence-corrected chi connectivity index (χ2v) is 7.03. The molecule has 2 N–H and O–H groups in total. The molecule has 1 aliphatic heterocycles. The summed E-state index contributed by atoms with van der Waals surface area (Å²) in [6.45, 7) is 12.9. The van der Waals surface area contributed by atoms with E-state index in [9.17, 15) is 9.59 Å². The summed E-state index contributed by atoms with van der Waals surface area (Å²) >= 11 is 0. The first-order valence-electron chi connectivity index (χ1n) is 8.06. The third-order valence-corrected chi connectivity index (χ3v) is 3.92. The van der Waals surface area contributed by atoms with E-state index in [0.29, 0.717) is 6.54 Å². The zero-order valence-electron chi connectivity index (χ0n) is 14.2. The lowest BCUT2D eigenvalue weighted by molar-refractivity contribution is -0.140. The van der Waals surface area contributed by atoms with Gasteiger partial charge in [-0.25, -0.2) is 0 Å². The smallest absolute Gasteiger partial charge is 0.227 e. The van der Waals surface area contributed by atoms with Crippen molar-refractivity contribution in [2.45, 2.75) is 53.5 Å². The van der Waals surface area contributed by atoms with E-state index in [2.05, 4.69) is 10.6 Å². The van der Waals surface area contributed by atoms with Crippen LogP contribution in [0.1, 0.15) is 47.5 Å². The van der Waals surface area contributed by atoms with Crippen LogP contribution >= 0.6 is 0 Å². The van der Waals surface area contributed by atoms with Crippen LogP contribution in [0.15, 0.2) is 0 Å². The van der Waals surface area contributed by atoms with Gasteiger partial charge in [-0.05, 0) is 19.4 Å². The molecule has 21 heavy (non-hydrogen) atoms. The van der Waals surface area contributed by atoms with Crippen molar-refractivity contribution in [2.75, 3.05) is 26.2 Å². The molecule has 0 bridgehead atoms. The normalized spacial score (nSPS) is 18.4. The van der Waals surface area contributed by atoms with Crippen LogP contribution < -0.4 is 10.6 Å². The fraction of sp³-hybridized carbons (Fsp3) is 0.875. The highest BCUT2D eigenvalue weighted by Crippen LogP contribution is 2.21. The molecule has 0 aromatic heterocycles. The summed E-state index contributed by atoms with van der Waals surface area (Å²) in [4.78, 5) is 26.2. The topological polar surface area (TPSA) is 61.4 Å². The molecule has 0 aromatic carbocycles. The summed E-state index contributed by atoms with van der Waals surface area (Å²) in [5, 5.41) is 6.30. The van der Waals surface area contributed by atoms with Crippen LogP contribution in [0.25, 0.3) is 0 Å². The van der Waals surface area contributed by atoms with Gasteiger partial charge in [-0.3, -0.25) is 9.59 Å². The standard InChI is InChI=1S/C16H31N3O2/c1-6-17-11-12(2)14(20)18-13-7-9-19(10-8-13)15(21)16(3,4)5/h12-13,17H,6-11H2,1-5H3,(H,18,20). The second kappa shape index (κ2) is 7.78. The minimum atomic E-state index is -0.323. The summed E-state index contributed by atoms with van der Waals surface area (Å²) in [5.74, 6) is 0.295. The van der Waals surface area contributed by atoms with Crippen LogP contribution in [0.3, 0.4) is 0 Å². The second-order valence-electron chi connectivity index (χ2n) is 7.03. The fourth-order valence-corrected chi connectivity index (χ4v) is 2.50. The summed E-state index contributed by atoms with van der Waals surface area (Å²) in [6, 6.07) is 0.200. The molecule has 1 atom stereocenters. The molecule has 0 saturated carbocycles. The molecule has 1 fully saturated rings. The van der Waals surface area contributed by atoms with E-state index in [4.69, 9.17) is 0 Å². The Hall–Kier alpha value is -1.10. The number of nitrogens with zero attached hydrogens (tertiary/aromatic N) is 1. The molecular weight excluding hydrogens is 266 g/mol. The van der Waals surface area contributed by atoms with Crippen molar-refractivity contribution in [3.8, 4) is 0 Å². The van der Waals surface area contributed by atoms with Gasteiger partial charge in [0.2, 0.25) is 11.8 Å². The Labute approximate surface area is 128 Å². The first kappa shape index (κ1) is 18.0. The predicted octanol–water partition coefficient (Wildman–Crippen LogP) is 1.39. The van der Waals surface area contributed by atoms with Crippen LogP contribution in [0.5, 0.6) is 0 Å². The van der Waals surface area contributed by atoms with Gasteiger partial charge in [0.05, 0.1) is 0 Å². The molecule has 1 aliphatic rings. The van der Waals surface area contributed by atoms with Crippen LogP contribution in [-0.4, -0.2) is 48.9 Å². The monoisotopic (exact) mass is 297 g/mol. The number of carbonyl (C=O) groups excluding carboxylic acids is 2. The maximum absolute atomic E-state index is 12.2. The number of carbonyl (C=O) groups is 2. The third-order valence-electron chi connectivity index (χ3n) is 3.92. The Balaban J connectivity index is 2.36. The van der Waals surface area contributed by atoms with E-state index >= 15 is 0 Å². The lowest BCUT2D eigenvalue weighted by Crippen LogP contribution is -2.50. The molecule has 1 unspecified atom stereocenters. The van der Waals surface area contributed by atoms with Crippen molar-refractivity contribution in [3.05, 3.63) is 0 Å². The molecule has 5 nitrogen and oxygen atoms in total. The Kier molecular flexibility index (Phi) is 6.65. The molecular formula is C16H31N3O2. The van der Waals surface area contributed by atoms with Crippen molar-refractivity contribution in [1.82, 2.24) is 15.5 Å². The number of rotatable bonds is 5. The zero-order valence-corrected chi connectivity index (χ0v) is 14.2. The summed E-state index contributed by atoms with van der Waals surface area (Å²) < 4.78 is 0. The van der Waals surface area contributed by atoms with Gasteiger partial charge in [-0.1, -0.05) is 34.6 Å². The van der Waals surface area contributed by atoms with Crippen LogP contribution in [-0.2, 0) is 9.59 Å². The highest BCUT2D eigenvalue weighted by molar-refractivity contribution is 5.81. The average molecular weight is 297 g/mol. The number of likely N-dealkylation sites (tertiary alicyclic amines) is 1. The van der Waals surface area contributed by atoms with Gasteiger partial charge in [0.15, 0.2) is 0 Å². The first-order chi connectivity index (χ1) is 9.75. The van der Waals surface area contributed by atoms with Gasteiger partial charge in [0, 0.05) is 37.0 Å². The van der Waals surface area contributed by atoms with Gasteiger partial charge in [-0.2, -0.15) is 0 Å².